The van der Waals surface area contributed by atoms with E-state index < -0.39 is 0 Å². The van der Waals surface area contributed by atoms with Crippen molar-refractivity contribution in [1.82, 2.24) is 4.98 Å². The van der Waals surface area contributed by atoms with E-state index in [1.54, 1.807) is 12.3 Å². The second-order valence-corrected chi connectivity index (χ2v) is 3.68. The van der Waals surface area contributed by atoms with E-state index >= 15 is 0 Å². The third-order valence-electron chi connectivity index (χ3n) is 2.15. The fourth-order valence-electron chi connectivity index (χ4n) is 1.15. The highest BCUT2D eigenvalue weighted by molar-refractivity contribution is 5.80. The predicted molar refractivity (Wildman–Crippen MR) is 55.2 cm³/mol. The monoisotopic (exact) mass is 193 g/mol. The molecule has 0 fully saturated rings. The van der Waals surface area contributed by atoms with Crippen molar-refractivity contribution in [2.24, 2.45) is 5.92 Å². The first-order valence-electron chi connectivity index (χ1n) is 4.80. The minimum absolute atomic E-state index is 0.0951. The number of aryl methyl sites for hydroxylation is 1. The predicted octanol–water partition coefficient (Wildman–Crippen LogP) is 1.53. The summed E-state index contributed by atoms with van der Waals surface area (Å²) in [4.78, 5) is 24.6. The van der Waals surface area contributed by atoms with Gasteiger partial charge in [-0.1, -0.05) is 19.9 Å². The average molecular weight is 193 g/mol. The van der Waals surface area contributed by atoms with Gasteiger partial charge in [-0.15, -0.1) is 0 Å². The molecule has 0 aliphatic heterocycles. The normalized spacial score (nSPS) is 10.5. The van der Waals surface area contributed by atoms with Crippen LogP contribution in [0.4, 0.5) is 0 Å². The molecule has 3 heteroatoms. The van der Waals surface area contributed by atoms with E-state index in [2.05, 4.69) is 4.98 Å². The summed E-state index contributed by atoms with van der Waals surface area (Å²) in [6.07, 6.45) is 2.91. The zero-order chi connectivity index (χ0) is 10.6. The van der Waals surface area contributed by atoms with Crippen LogP contribution in [-0.2, 0) is 11.2 Å². The minimum atomic E-state index is -0.107. The number of carbonyl (C=O) groups excluding carboxylic acids is 1. The molecule has 0 atom stereocenters. The molecule has 1 aromatic heterocycles. The molecule has 0 saturated heterocycles. The van der Waals surface area contributed by atoms with Crippen molar-refractivity contribution in [3.63, 3.8) is 0 Å². The Balaban J connectivity index is 2.50. The molecule has 0 bridgehead atoms. The third kappa shape index (κ3) is 3.17. The van der Waals surface area contributed by atoms with Crippen LogP contribution in [-0.4, -0.2) is 10.8 Å². The van der Waals surface area contributed by atoms with Gasteiger partial charge >= 0.3 is 0 Å². The molecule has 0 aromatic carbocycles. The van der Waals surface area contributed by atoms with E-state index in [9.17, 15) is 9.59 Å². The van der Waals surface area contributed by atoms with E-state index in [0.29, 0.717) is 12.8 Å². The zero-order valence-electron chi connectivity index (χ0n) is 8.54. The molecule has 1 aromatic rings. The van der Waals surface area contributed by atoms with Crippen LogP contribution in [0.15, 0.2) is 23.1 Å². The third-order valence-corrected chi connectivity index (χ3v) is 2.15. The number of Topliss-reactive ketones (excluding diaryl/α,β-unsaturated/α-hetero) is 1. The quantitative estimate of drug-likeness (QED) is 0.788. The summed E-state index contributed by atoms with van der Waals surface area (Å²) in [5, 5.41) is 0. The van der Waals surface area contributed by atoms with Crippen LogP contribution < -0.4 is 5.56 Å². The highest BCUT2D eigenvalue weighted by Gasteiger charge is 2.06. The SMILES string of the molecule is CC(C)C(=O)CCc1ccc(=O)[nH]c1. The molecular formula is C11H15NO2. The first-order valence-corrected chi connectivity index (χ1v) is 4.80. The number of H-pyrrole nitrogens is 1. The summed E-state index contributed by atoms with van der Waals surface area (Å²) < 4.78 is 0. The summed E-state index contributed by atoms with van der Waals surface area (Å²) in [5.74, 6) is 0.356. The molecule has 0 spiro atoms. The van der Waals surface area contributed by atoms with E-state index in [1.165, 1.54) is 6.07 Å². The molecule has 0 radical (unpaired) electrons. The second kappa shape index (κ2) is 4.74. The standard InChI is InChI=1S/C11H15NO2/c1-8(2)10(13)5-3-9-4-6-11(14)12-7-9/h4,6-8H,3,5H2,1-2H3,(H,12,14). The Morgan fingerprint density at radius 2 is 2.14 bits per heavy atom. The van der Waals surface area contributed by atoms with Gasteiger partial charge in [0.05, 0.1) is 0 Å². The fraction of sp³-hybridized carbons (Fsp3) is 0.455. The molecule has 76 valence electrons. The van der Waals surface area contributed by atoms with Crippen molar-refractivity contribution in [2.75, 3.05) is 0 Å². The lowest BCUT2D eigenvalue weighted by Gasteiger charge is -2.03. The van der Waals surface area contributed by atoms with Gasteiger partial charge in [-0.05, 0) is 12.0 Å². The molecular weight excluding hydrogens is 178 g/mol. The Kier molecular flexibility index (Phi) is 3.63. The van der Waals surface area contributed by atoms with Gasteiger partial charge in [-0.2, -0.15) is 0 Å². The summed E-state index contributed by atoms with van der Waals surface area (Å²) in [7, 11) is 0. The highest BCUT2D eigenvalue weighted by atomic mass is 16.1. The second-order valence-electron chi connectivity index (χ2n) is 3.68. The highest BCUT2D eigenvalue weighted by Crippen LogP contribution is 2.04. The van der Waals surface area contributed by atoms with Gasteiger partial charge in [0.1, 0.15) is 5.78 Å². The molecule has 1 heterocycles. The van der Waals surface area contributed by atoms with Gasteiger partial charge < -0.3 is 4.98 Å². The smallest absolute Gasteiger partial charge is 0.247 e. The minimum Gasteiger partial charge on any atom is -0.329 e. The molecule has 0 aliphatic carbocycles. The number of hydrogen-bond donors (Lipinski definition) is 1. The van der Waals surface area contributed by atoms with E-state index in [0.717, 1.165) is 5.56 Å². The van der Waals surface area contributed by atoms with E-state index in [4.69, 9.17) is 0 Å². The number of hydrogen-bond acceptors (Lipinski definition) is 2. The van der Waals surface area contributed by atoms with Crippen molar-refractivity contribution in [3.8, 4) is 0 Å². The Bertz CT molecular complexity index is 345. The fourth-order valence-corrected chi connectivity index (χ4v) is 1.15. The van der Waals surface area contributed by atoms with Gasteiger partial charge in [0.25, 0.3) is 0 Å². The van der Waals surface area contributed by atoms with Crippen molar-refractivity contribution < 1.29 is 4.79 Å². The maximum atomic E-state index is 11.3. The van der Waals surface area contributed by atoms with E-state index in [1.807, 2.05) is 13.8 Å². The largest absolute Gasteiger partial charge is 0.329 e. The number of pyridine rings is 1. The lowest BCUT2D eigenvalue weighted by atomic mass is 10.0. The number of aromatic nitrogens is 1. The number of carbonyl (C=O) groups is 1. The molecule has 1 rings (SSSR count). The van der Waals surface area contributed by atoms with Crippen LogP contribution in [0.1, 0.15) is 25.8 Å². The summed E-state index contributed by atoms with van der Waals surface area (Å²) >= 11 is 0. The molecule has 0 unspecified atom stereocenters. The van der Waals surface area contributed by atoms with Gasteiger partial charge in [0.2, 0.25) is 5.56 Å². The number of aromatic amines is 1. The van der Waals surface area contributed by atoms with Gasteiger partial charge in [-0.3, -0.25) is 9.59 Å². The Labute approximate surface area is 83.2 Å². The first-order chi connectivity index (χ1) is 6.59. The van der Waals surface area contributed by atoms with Crippen LogP contribution in [0.5, 0.6) is 0 Å². The van der Waals surface area contributed by atoms with Crippen LogP contribution in [0, 0.1) is 5.92 Å². The molecule has 1 N–H and O–H groups in total. The number of nitrogens with one attached hydrogen (secondary N) is 1. The van der Waals surface area contributed by atoms with Gasteiger partial charge in [0, 0.05) is 24.6 Å². The number of ketones is 1. The average Bonchev–Trinajstić information content (AvgIpc) is 2.16. The Morgan fingerprint density at radius 3 is 2.64 bits per heavy atom. The zero-order valence-corrected chi connectivity index (χ0v) is 8.54. The lowest BCUT2D eigenvalue weighted by molar-refractivity contribution is -0.121. The van der Waals surface area contributed by atoms with E-state index in [-0.39, 0.29) is 17.3 Å². The van der Waals surface area contributed by atoms with Crippen LogP contribution >= 0.6 is 0 Å². The summed E-state index contributed by atoms with van der Waals surface area (Å²) in [5.41, 5.74) is 0.891. The Morgan fingerprint density at radius 1 is 1.43 bits per heavy atom. The molecule has 0 aliphatic rings. The van der Waals surface area contributed by atoms with Crippen molar-refractivity contribution in [2.45, 2.75) is 26.7 Å². The lowest BCUT2D eigenvalue weighted by Crippen LogP contribution is -2.09. The summed E-state index contributed by atoms with van der Waals surface area (Å²) in [6.45, 7) is 3.80. The summed E-state index contributed by atoms with van der Waals surface area (Å²) in [6, 6.07) is 3.24. The van der Waals surface area contributed by atoms with Gasteiger partial charge in [-0.25, -0.2) is 0 Å². The first kappa shape index (κ1) is 10.7. The molecule has 0 amide bonds. The molecule has 14 heavy (non-hydrogen) atoms. The van der Waals surface area contributed by atoms with Gasteiger partial charge in [0.15, 0.2) is 0 Å². The van der Waals surface area contributed by atoms with Crippen LogP contribution in [0.25, 0.3) is 0 Å². The van der Waals surface area contributed by atoms with Crippen molar-refractivity contribution in [1.29, 1.82) is 0 Å². The van der Waals surface area contributed by atoms with Crippen LogP contribution in [0.3, 0.4) is 0 Å². The van der Waals surface area contributed by atoms with Crippen molar-refractivity contribution in [3.05, 3.63) is 34.2 Å². The molecule has 3 nitrogen and oxygen atoms in total. The molecule has 0 saturated carbocycles. The van der Waals surface area contributed by atoms with Crippen LogP contribution in [0.2, 0.25) is 0 Å². The maximum absolute atomic E-state index is 11.3. The number of rotatable bonds is 4. The van der Waals surface area contributed by atoms with Crippen molar-refractivity contribution >= 4 is 5.78 Å². The maximum Gasteiger partial charge on any atom is 0.247 e. The topological polar surface area (TPSA) is 49.9 Å². The Hall–Kier alpha value is -1.38.